The van der Waals surface area contributed by atoms with Crippen LogP contribution in [0.2, 0.25) is 5.02 Å². The molecule has 2 aliphatic rings. The molecule has 45 heavy (non-hydrogen) atoms. The van der Waals surface area contributed by atoms with E-state index in [-0.39, 0.29) is 41.5 Å². The van der Waals surface area contributed by atoms with Gasteiger partial charge in [-0.1, -0.05) is 41.9 Å². The predicted molar refractivity (Wildman–Crippen MR) is 148 cm³/mol. The fourth-order valence-corrected chi connectivity index (χ4v) is 6.05. The van der Waals surface area contributed by atoms with Gasteiger partial charge < -0.3 is 20.5 Å². The maximum Gasteiger partial charge on any atom is 0.408 e. The first-order valence-corrected chi connectivity index (χ1v) is 14.5. The van der Waals surface area contributed by atoms with Crippen molar-refractivity contribution in [3.63, 3.8) is 0 Å². The van der Waals surface area contributed by atoms with Gasteiger partial charge in [0.25, 0.3) is 0 Å². The second-order valence-electron chi connectivity index (χ2n) is 11.5. The molecule has 2 aromatic heterocycles. The molecule has 3 N–H and O–H groups in total. The number of nitrogens with one attached hydrogen (secondary N) is 2. The van der Waals surface area contributed by atoms with Gasteiger partial charge in [0.05, 0.1) is 34.6 Å². The van der Waals surface area contributed by atoms with Crippen LogP contribution >= 0.6 is 11.6 Å². The summed E-state index contributed by atoms with van der Waals surface area (Å²) in [4.78, 5) is 42.3. The molecule has 3 aromatic rings. The Morgan fingerprint density at radius 3 is 2.53 bits per heavy atom. The van der Waals surface area contributed by atoms with Crippen LogP contribution in [0, 0.1) is 17.3 Å². The Labute approximate surface area is 258 Å². The Balaban J connectivity index is 1.43. The highest BCUT2D eigenvalue weighted by Gasteiger charge is 2.56. The van der Waals surface area contributed by atoms with E-state index < -0.39 is 85.6 Å². The van der Waals surface area contributed by atoms with E-state index in [0.717, 1.165) is 5.56 Å². The standard InChI is InChI=1S/C29H29ClF5N5O5/c30-19-10-22-37-21(14-40(22)39-20(19)12-27(25(42)43)11-18(29(33,34)35)13-36-24(27)41)23(17-6-8-28(31,32)9-7-17)38-26(44)45-15-16-4-2-1-3-5-16/h1-5,10,14,17-18,23H,6-9,11-13,15H2,(H,36,41)(H,38,44)(H,42,43)/t18-,23-,27?/m0/s1. The topological polar surface area (TPSA) is 135 Å². The molecular formula is C29H29ClF5N5O5. The number of ether oxygens (including phenoxy) is 1. The van der Waals surface area contributed by atoms with Crippen LogP contribution in [0.3, 0.4) is 0 Å². The Hall–Kier alpha value is -4.01. The van der Waals surface area contributed by atoms with E-state index in [1.807, 2.05) is 0 Å². The molecule has 1 unspecified atom stereocenters. The summed E-state index contributed by atoms with van der Waals surface area (Å²) >= 11 is 6.38. The molecule has 16 heteroatoms. The smallest absolute Gasteiger partial charge is 0.408 e. The Kier molecular flexibility index (Phi) is 8.93. The lowest BCUT2D eigenvalue weighted by Gasteiger charge is -2.37. The van der Waals surface area contributed by atoms with E-state index >= 15 is 0 Å². The average molecular weight is 658 g/mol. The van der Waals surface area contributed by atoms with Gasteiger partial charge in [0.2, 0.25) is 11.8 Å². The zero-order chi connectivity index (χ0) is 32.6. The first-order chi connectivity index (χ1) is 21.2. The van der Waals surface area contributed by atoms with Crippen molar-refractivity contribution in [1.82, 2.24) is 25.2 Å². The number of amides is 2. The van der Waals surface area contributed by atoms with Gasteiger partial charge in [-0.15, -0.1) is 0 Å². The number of piperidine rings is 1. The van der Waals surface area contributed by atoms with Crippen LogP contribution in [0.1, 0.15) is 55.1 Å². The summed E-state index contributed by atoms with van der Waals surface area (Å²) in [6.45, 7) is -0.792. The van der Waals surface area contributed by atoms with Crippen LogP contribution in [0.4, 0.5) is 26.7 Å². The number of hydrogen-bond acceptors (Lipinski definition) is 6. The molecule has 1 aliphatic carbocycles. The molecule has 10 nitrogen and oxygen atoms in total. The maximum absolute atomic E-state index is 14.0. The van der Waals surface area contributed by atoms with Crippen molar-refractivity contribution in [2.75, 3.05) is 6.54 Å². The Bertz CT molecular complexity index is 1580. The van der Waals surface area contributed by atoms with Gasteiger partial charge in [-0.2, -0.15) is 18.3 Å². The van der Waals surface area contributed by atoms with E-state index in [9.17, 15) is 41.4 Å². The van der Waals surface area contributed by atoms with Gasteiger partial charge in [0.15, 0.2) is 11.1 Å². The third-order valence-corrected chi connectivity index (χ3v) is 8.74. The molecule has 242 valence electrons. The number of alkyl carbamates (subject to hydrolysis) is 1. The van der Waals surface area contributed by atoms with Crippen LogP contribution in [-0.2, 0) is 27.4 Å². The lowest BCUT2D eigenvalue weighted by atomic mass is 9.72. The number of benzene rings is 1. The van der Waals surface area contributed by atoms with Gasteiger partial charge in [-0.25, -0.2) is 23.1 Å². The third-order valence-electron chi connectivity index (χ3n) is 8.41. The molecule has 1 aromatic carbocycles. The van der Waals surface area contributed by atoms with Crippen molar-refractivity contribution in [3.8, 4) is 0 Å². The number of alkyl halides is 5. The number of carboxylic acid groups (broad SMARTS) is 1. The lowest BCUT2D eigenvalue weighted by molar-refractivity contribution is -0.194. The van der Waals surface area contributed by atoms with Crippen LogP contribution < -0.4 is 10.6 Å². The minimum Gasteiger partial charge on any atom is -0.480 e. The minimum atomic E-state index is -4.75. The summed E-state index contributed by atoms with van der Waals surface area (Å²) in [5, 5.41) is 18.8. The van der Waals surface area contributed by atoms with E-state index in [1.165, 1.54) is 16.8 Å². The number of aromatic nitrogens is 3. The van der Waals surface area contributed by atoms with Crippen molar-refractivity contribution >= 4 is 35.2 Å². The quantitative estimate of drug-likeness (QED) is 0.216. The Morgan fingerprint density at radius 1 is 1.20 bits per heavy atom. The summed E-state index contributed by atoms with van der Waals surface area (Å²) in [5.41, 5.74) is -1.57. The number of imidazole rings is 1. The molecule has 5 rings (SSSR count). The van der Waals surface area contributed by atoms with Crippen LogP contribution in [0.5, 0.6) is 0 Å². The molecule has 3 heterocycles. The molecular weight excluding hydrogens is 629 g/mol. The van der Waals surface area contributed by atoms with Crippen molar-refractivity contribution in [2.24, 2.45) is 17.3 Å². The van der Waals surface area contributed by atoms with Crippen LogP contribution in [0.25, 0.3) is 5.65 Å². The van der Waals surface area contributed by atoms with Gasteiger partial charge in [-0.05, 0) is 30.7 Å². The maximum atomic E-state index is 14.0. The number of fused-ring (bicyclic) bond motifs is 1. The molecule has 0 radical (unpaired) electrons. The number of rotatable bonds is 8. The van der Waals surface area contributed by atoms with Crippen molar-refractivity contribution in [2.45, 2.75) is 63.3 Å². The molecule has 1 saturated carbocycles. The molecule has 1 saturated heterocycles. The molecule has 0 spiro atoms. The number of carboxylic acids is 1. The van der Waals surface area contributed by atoms with E-state index in [0.29, 0.717) is 0 Å². The summed E-state index contributed by atoms with van der Waals surface area (Å²) in [6.07, 6.45) is -6.57. The van der Waals surface area contributed by atoms with E-state index in [4.69, 9.17) is 16.3 Å². The van der Waals surface area contributed by atoms with Crippen LogP contribution in [0.15, 0.2) is 42.6 Å². The van der Waals surface area contributed by atoms with Gasteiger partial charge in [0, 0.05) is 31.9 Å². The number of aliphatic carboxylic acids is 1. The summed E-state index contributed by atoms with van der Waals surface area (Å²) < 4.78 is 75.1. The minimum absolute atomic E-state index is 0.0398. The normalized spacial score (nSPS) is 22.9. The largest absolute Gasteiger partial charge is 0.480 e. The van der Waals surface area contributed by atoms with E-state index in [1.54, 1.807) is 30.3 Å². The molecule has 2 amide bonds. The number of carbonyl (C=O) groups is 3. The van der Waals surface area contributed by atoms with E-state index in [2.05, 4.69) is 20.7 Å². The first kappa shape index (κ1) is 32.4. The number of nitrogens with zero attached hydrogens (tertiary/aromatic N) is 3. The zero-order valence-electron chi connectivity index (χ0n) is 23.6. The fraction of sp³-hybridized carbons (Fsp3) is 0.483. The highest BCUT2D eigenvalue weighted by atomic mass is 35.5. The lowest BCUT2D eigenvalue weighted by Crippen LogP contribution is -2.57. The van der Waals surface area contributed by atoms with Crippen LogP contribution in [-0.4, -0.2) is 56.3 Å². The second-order valence-corrected chi connectivity index (χ2v) is 11.9. The highest BCUT2D eigenvalue weighted by molar-refractivity contribution is 6.31. The third kappa shape index (κ3) is 7.13. The van der Waals surface area contributed by atoms with Gasteiger partial charge >= 0.3 is 18.2 Å². The first-order valence-electron chi connectivity index (χ1n) is 14.1. The predicted octanol–water partition coefficient (Wildman–Crippen LogP) is 5.49. The summed E-state index contributed by atoms with van der Waals surface area (Å²) in [5.74, 6) is -8.23. The van der Waals surface area contributed by atoms with Crippen molar-refractivity contribution in [1.29, 1.82) is 0 Å². The monoisotopic (exact) mass is 657 g/mol. The zero-order valence-corrected chi connectivity index (χ0v) is 24.4. The number of carbonyl (C=O) groups excluding carboxylic acids is 2. The molecule has 3 atom stereocenters. The SMILES string of the molecule is O=C(N[C@H](c1cn2nc(CC3(C(=O)O)C[C@H](C(F)(F)F)CNC3=O)c(Cl)cc2n1)C1CCC(F)(F)CC1)OCc1ccccc1. The Morgan fingerprint density at radius 2 is 1.89 bits per heavy atom. The van der Waals surface area contributed by atoms with Gasteiger partial charge in [0.1, 0.15) is 6.61 Å². The second kappa shape index (κ2) is 12.4. The summed E-state index contributed by atoms with van der Waals surface area (Å²) in [6, 6.07) is 9.30. The molecule has 0 bridgehead atoms. The van der Waals surface area contributed by atoms with Crippen molar-refractivity contribution < 1.29 is 46.2 Å². The molecule has 2 fully saturated rings. The number of hydrogen-bond donors (Lipinski definition) is 3. The summed E-state index contributed by atoms with van der Waals surface area (Å²) in [7, 11) is 0. The van der Waals surface area contributed by atoms with Crippen molar-refractivity contribution in [3.05, 3.63) is 64.6 Å². The average Bonchev–Trinajstić information content (AvgIpc) is 3.38. The molecule has 1 aliphatic heterocycles. The van der Waals surface area contributed by atoms with Gasteiger partial charge in [-0.3, -0.25) is 9.59 Å². The highest BCUT2D eigenvalue weighted by Crippen LogP contribution is 2.43. The number of halogens is 6. The fourth-order valence-electron chi connectivity index (χ4n) is 5.85.